The van der Waals surface area contributed by atoms with E-state index in [9.17, 15) is 9.90 Å². The highest BCUT2D eigenvalue weighted by molar-refractivity contribution is 5.99. The molecule has 0 saturated heterocycles. The van der Waals surface area contributed by atoms with Crippen molar-refractivity contribution in [1.29, 1.82) is 0 Å². The Balaban J connectivity index is 2.10. The number of phenols is 1. The number of para-hydroxylation sites is 2. The first-order chi connectivity index (χ1) is 10.1. The van der Waals surface area contributed by atoms with E-state index in [2.05, 4.69) is 10.5 Å². The lowest BCUT2D eigenvalue weighted by molar-refractivity contribution is 0.0956. The number of nitrogen functional groups attached to an aromatic ring is 1. The predicted octanol–water partition coefficient (Wildman–Crippen LogP) is 1.75. The van der Waals surface area contributed by atoms with Crippen LogP contribution >= 0.6 is 0 Å². The number of nitrogens with zero attached hydrogens (tertiary/aromatic N) is 1. The average molecular weight is 285 g/mol. The standard InChI is InChI=1S/C15H15N3O3/c1-21-13-8-4-5-10(14(13)19)9-17-18-15(20)11-6-2-3-7-12(11)16/h2-9,19H,16H2,1H3,(H,18,20)/b17-9+. The maximum Gasteiger partial charge on any atom is 0.273 e. The fourth-order valence-corrected chi connectivity index (χ4v) is 1.73. The summed E-state index contributed by atoms with van der Waals surface area (Å²) >= 11 is 0. The Morgan fingerprint density at radius 3 is 2.76 bits per heavy atom. The zero-order chi connectivity index (χ0) is 15.2. The summed E-state index contributed by atoms with van der Waals surface area (Å²) in [5.74, 6) is -0.137. The number of carbonyl (C=O) groups is 1. The van der Waals surface area contributed by atoms with Gasteiger partial charge in [0.25, 0.3) is 5.91 Å². The molecule has 21 heavy (non-hydrogen) atoms. The number of rotatable bonds is 4. The summed E-state index contributed by atoms with van der Waals surface area (Å²) in [5, 5.41) is 13.7. The Hall–Kier alpha value is -3.02. The molecule has 0 aliphatic heterocycles. The van der Waals surface area contributed by atoms with Crippen molar-refractivity contribution in [3.05, 3.63) is 53.6 Å². The van der Waals surface area contributed by atoms with Crippen LogP contribution in [0.2, 0.25) is 0 Å². The van der Waals surface area contributed by atoms with Gasteiger partial charge in [-0.05, 0) is 24.3 Å². The molecular formula is C15H15N3O3. The van der Waals surface area contributed by atoms with Crippen LogP contribution in [-0.2, 0) is 0 Å². The van der Waals surface area contributed by atoms with Gasteiger partial charge in [-0.3, -0.25) is 4.79 Å². The summed E-state index contributed by atoms with van der Waals surface area (Å²) in [7, 11) is 1.45. The van der Waals surface area contributed by atoms with E-state index in [1.54, 1.807) is 42.5 Å². The quantitative estimate of drug-likeness (QED) is 0.453. The number of benzene rings is 2. The molecule has 2 aromatic carbocycles. The molecule has 1 amide bonds. The van der Waals surface area contributed by atoms with Crippen LogP contribution in [0.25, 0.3) is 0 Å². The van der Waals surface area contributed by atoms with Crippen LogP contribution in [0.15, 0.2) is 47.6 Å². The monoisotopic (exact) mass is 285 g/mol. The van der Waals surface area contributed by atoms with E-state index in [4.69, 9.17) is 10.5 Å². The highest BCUT2D eigenvalue weighted by atomic mass is 16.5. The summed E-state index contributed by atoms with van der Waals surface area (Å²) in [4.78, 5) is 11.9. The fourth-order valence-electron chi connectivity index (χ4n) is 1.73. The first-order valence-electron chi connectivity index (χ1n) is 6.17. The number of methoxy groups -OCH3 is 1. The van der Waals surface area contributed by atoms with Gasteiger partial charge in [0.1, 0.15) is 0 Å². The van der Waals surface area contributed by atoms with Crippen LogP contribution in [0, 0.1) is 0 Å². The highest BCUT2D eigenvalue weighted by Gasteiger charge is 2.08. The second-order valence-electron chi connectivity index (χ2n) is 4.18. The number of anilines is 1. The van der Waals surface area contributed by atoms with Crippen LogP contribution in [0.3, 0.4) is 0 Å². The number of hydrazone groups is 1. The summed E-state index contributed by atoms with van der Waals surface area (Å²) in [5.41, 5.74) is 9.18. The second kappa shape index (κ2) is 6.42. The van der Waals surface area contributed by atoms with Crippen molar-refractivity contribution in [1.82, 2.24) is 5.43 Å². The summed E-state index contributed by atoms with van der Waals surface area (Å²) < 4.78 is 4.98. The first kappa shape index (κ1) is 14.4. The number of nitrogens with one attached hydrogen (secondary N) is 1. The molecule has 0 unspecified atom stereocenters. The van der Waals surface area contributed by atoms with E-state index in [-0.39, 0.29) is 5.75 Å². The Morgan fingerprint density at radius 1 is 1.29 bits per heavy atom. The van der Waals surface area contributed by atoms with Gasteiger partial charge in [-0.2, -0.15) is 5.10 Å². The smallest absolute Gasteiger partial charge is 0.273 e. The molecule has 0 fully saturated rings. The minimum atomic E-state index is -0.424. The average Bonchev–Trinajstić information content (AvgIpc) is 2.49. The number of phenolic OH excluding ortho intramolecular Hbond substituents is 1. The number of aromatic hydroxyl groups is 1. The molecule has 2 rings (SSSR count). The lowest BCUT2D eigenvalue weighted by Gasteiger charge is -2.05. The van der Waals surface area contributed by atoms with Gasteiger partial charge in [-0.25, -0.2) is 5.43 Å². The predicted molar refractivity (Wildman–Crippen MR) is 80.6 cm³/mol. The molecule has 6 nitrogen and oxygen atoms in total. The summed E-state index contributed by atoms with van der Waals surface area (Å²) in [6.07, 6.45) is 1.33. The summed E-state index contributed by atoms with van der Waals surface area (Å²) in [6.45, 7) is 0. The fraction of sp³-hybridized carbons (Fsp3) is 0.0667. The van der Waals surface area contributed by atoms with E-state index in [0.717, 1.165) is 0 Å². The molecule has 108 valence electrons. The molecule has 0 atom stereocenters. The molecular weight excluding hydrogens is 270 g/mol. The minimum Gasteiger partial charge on any atom is -0.504 e. The number of nitrogens with two attached hydrogens (primary N) is 1. The number of amides is 1. The van der Waals surface area contributed by atoms with Crippen molar-refractivity contribution >= 4 is 17.8 Å². The van der Waals surface area contributed by atoms with Gasteiger partial charge in [0.05, 0.1) is 18.9 Å². The van der Waals surface area contributed by atoms with E-state index < -0.39 is 5.91 Å². The Bertz CT molecular complexity index is 684. The Morgan fingerprint density at radius 2 is 2.05 bits per heavy atom. The van der Waals surface area contributed by atoms with Crippen LogP contribution in [0.1, 0.15) is 15.9 Å². The maximum absolute atomic E-state index is 11.9. The number of carbonyl (C=O) groups excluding carboxylic acids is 1. The van der Waals surface area contributed by atoms with Gasteiger partial charge >= 0.3 is 0 Å². The molecule has 2 aromatic rings. The number of hydrogen-bond acceptors (Lipinski definition) is 5. The molecule has 0 heterocycles. The van der Waals surface area contributed by atoms with E-state index in [0.29, 0.717) is 22.6 Å². The van der Waals surface area contributed by atoms with Gasteiger partial charge in [0, 0.05) is 11.3 Å². The van der Waals surface area contributed by atoms with Crippen molar-refractivity contribution in [3.8, 4) is 11.5 Å². The minimum absolute atomic E-state index is 0.0442. The van der Waals surface area contributed by atoms with Gasteiger partial charge in [0.15, 0.2) is 11.5 Å². The zero-order valence-electron chi connectivity index (χ0n) is 11.4. The topological polar surface area (TPSA) is 96.9 Å². The van der Waals surface area contributed by atoms with E-state index in [1.165, 1.54) is 13.3 Å². The van der Waals surface area contributed by atoms with Gasteiger partial charge in [-0.1, -0.05) is 18.2 Å². The molecule has 0 saturated carbocycles. The van der Waals surface area contributed by atoms with Gasteiger partial charge in [0.2, 0.25) is 0 Å². The van der Waals surface area contributed by atoms with Crippen molar-refractivity contribution in [2.24, 2.45) is 5.10 Å². The van der Waals surface area contributed by atoms with Crippen LogP contribution in [0.5, 0.6) is 11.5 Å². The molecule has 0 aliphatic carbocycles. The van der Waals surface area contributed by atoms with Crippen molar-refractivity contribution in [2.75, 3.05) is 12.8 Å². The first-order valence-corrected chi connectivity index (χ1v) is 6.17. The molecule has 0 spiro atoms. The largest absolute Gasteiger partial charge is 0.504 e. The SMILES string of the molecule is COc1cccc(/C=N/NC(=O)c2ccccc2N)c1O. The highest BCUT2D eigenvalue weighted by Crippen LogP contribution is 2.27. The summed E-state index contributed by atoms with van der Waals surface area (Å²) in [6, 6.07) is 11.7. The molecule has 6 heteroatoms. The van der Waals surface area contributed by atoms with Gasteiger partial charge < -0.3 is 15.6 Å². The second-order valence-corrected chi connectivity index (χ2v) is 4.18. The maximum atomic E-state index is 11.9. The van der Waals surface area contributed by atoms with E-state index >= 15 is 0 Å². The Labute approximate surface area is 121 Å². The van der Waals surface area contributed by atoms with Crippen LogP contribution in [0.4, 0.5) is 5.69 Å². The van der Waals surface area contributed by atoms with Gasteiger partial charge in [-0.15, -0.1) is 0 Å². The zero-order valence-corrected chi connectivity index (χ0v) is 11.4. The normalized spacial score (nSPS) is 10.5. The molecule has 0 bridgehead atoms. The third-order valence-electron chi connectivity index (χ3n) is 2.83. The Kier molecular flexibility index (Phi) is 4.40. The van der Waals surface area contributed by atoms with E-state index in [1.807, 2.05) is 0 Å². The van der Waals surface area contributed by atoms with Crippen LogP contribution in [-0.4, -0.2) is 24.3 Å². The molecule has 0 radical (unpaired) electrons. The molecule has 0 aromatic heterocycles. The van der Waals surface area contributed by atoms with Crippen molar-refractivity contribution < 1.29 is 14.6 Å². The molecule has 4 N–H and O–H groups in total. The third-order valence-corrected chi connectivity index (χ3v) is 2.83. The van der Waals surface area contributed by atoms with Crippen molar-refractivity contribution in [3.63, 3.8) is 0 Å². The van der Waals surface area contributed by atoms with Crippen LogP contribution < -0.4 is 15.9 Å². The lowest BCUT2D eigenvalue weighted by atomic mass is 10.2. The number of hydrogen-bond donors (Lipinski definition) is 3. The molecule has 0 aliphatic rings. The number of ether oxygens (including phenoxy) is 1. The van der Waals surface area contributed by atoms with Crippen molar-refractivity contribution in [2.45, 2.75) is 0 Å². The third kappa shape index (κ3) is 3.30. The lowest BCUT2D eigenvalue weighted by Crippen LogP contribution is -2.19.